The van der Waals surface area contributed by atoms with E-state index in [1.165, 1.54) is 0 Å². The van der Waals surface area contributed by atoms with E-state index in [1.807, 2.05) is 4.90 Å². The van der Waals surface area contributed by atoms with Gasteiger partial charge in [-0.15, -0.1) is 0 Å². The highest BCUT2D eigenvalue weighted by molar-refractivity contribution is 5.96. The standard InChI is InChI=1S/C22H39N3O2/c1-14(2)8-10-23-20(26)19-22-9-7-17(25(22)13-16(5)6)11-18(22)21(27)24(19)12-15(3)4/h14-19H,7-13H2,1-6H3,(H,23,26)/t17-,18+,19-,22+/m0/s1. The van der Waals surface area contributed by atoms with E-state index in [4.69, 9.17) is 0 Å². The summed E-state index contributed by atoms with van der Waals surface area (Å²) in [4.78, 5) is 31.2. The largest absolute Gasteiger partial charge is 0.354 e. The summed E-state index contributed by atoms with van der Waals surface area (Å²) in [6, 6.07) is 0.157. The zero-order valence-electron chi connectivity index (χ0n) is 18.1. The van der Waals surface area contributed by atoms with E-state index in [-0.39, 0.29) is 29.3 Å². The molecule has 0 aromatic heterocycles. The van der Waals surface area contributed by atoms with Crippen LogP contribution in [0.25, 0.3) is 0 Å². The van der Waals surface area contributed by atoms with E-state index in [9.17, 15) is 9.59 Å². The second kappa shape index (κ2) is 7.73. The third kappa shape index (κ3) is 3.52. The van der Waals surface area contributed by atoms with Crippen LogP contribution in [0.5, 0.6) is 0 Å². The molecule has 1 spiro atoms. The molecule has 3 aliphatic heterocycles. The van der Waals surface area contributed by atoms with Crippen LogP contribution in [0.4, 0.5) is 0 Å². The van der Waals surface area contributed by atoms with Gasteiger partial charge in [0.15, 0.2) is 0 Å². The lowest BCUT2D eigenvalue weighted by molar-refractivity contribution is -0.138. The Morgan fingerprint density at radius 2 is 1.78 bits per heavy atom. The second-order valence-electron chi connectivity index (χ2n) is 10.3. The lowest BCUT2D eigenvalue weighted by Gasteiger charge is -2.41. The molecule has 2 amide bonds. The lowest BCUT2D eigenvalue weighted by Crippen LogP contribution is -2.61. The summed E-state index contributed by atoms with van der Waals surface area (Å²) >= 11 is 0. The molecule has 0 unspecified atom stereocenters. The smallest absolute Gasteiger partial charge is 0.244 e. The fourth-order valence-electron chi connectivity index (χ4n) is 5.78. The molecule has 0 aromatic rings. The molecule has 3 aliphatic rings. The molecule has 0 aliphatic carbocycles. The molecule has 1 N–H and O–H groups in total. The van der Waals surface area contributed by atoms with Crippen molar-refractivity contribution in [1.82, 2.24) is 15.1 Å². The normalized spacial score (nSPS) is 33.0. The van der Waals surface area contributed by atoms with Gasteiger partial charge in [-0.1, -0.05) is 41.5 Å². The number of carbonyl (C=O) groups is 2. The van der Waals surface area contributed by atoms with Gasteiger partial charge >= 0.3 is 0 Å². The van der Waals surface area contributed by atoms with Gasteiger partial charge in [-0.2, -0.15) is 0 Å². The maximum absolute atomic E-state index is 13.4. The highest BCUT2D eigenvalue weighted by atomic mass is 16.2. The first-order chi connectivity index (χ1) is 12.7. The van der Waals surface area contributed by atoms with E-state index >= 15 is 0 Å². The molecule has 3 fully saturated rings. The fourth-order valence-corrected chi connectivity index (χ4v) is 5.78. The van der Waals surface area contributed by atoms with Crippen molar-refractivity contribution >= 4 is 11.8 Å². The Balaban J connectivity index is 1.90. The van der Waals surface area contributed by atoms with Crippen molar-refractivity contribution in [3.8, 4) is 0 Å². The molecule has 5 nitrogen and oxygen atoms in total. The fraction of sp³-hybridized carbons (Fsp3) is 0.909. The van der Waals surface area contributed by atoms with Crippen molar-refractivity contribution in [1.29, 1.82) is 0 Å². The maximum atomic E-state index is 13.4. The van der Waals surface area contributed by atoms with Crippen LogP contribution in [-0.2, 0) is 9.59 Å². The third-order valence-electron chi connectivity index (χ3n) is 6.72. The summed E-state index contributed by atoms with van der Waals surface area (Å²) in [5, 5.41) is 3.18. The first-order valence-corrected chi connectivity index (χ1v) is 11.0. The predicted octanol–water partition coefficient (Wildman–Crippen LogP) is 2.89. The van der Waals surface area contributed by atoms with E-state index in [2.05, 4.69) is 51.8 Å². The average Bonchev–Trinajstić information content (AvgIpc) is 3.12. The van der Waals surface area contributed by atoms with Crippen LogP contribution in [0.2, 0.25) is 0 Å². The lowest BCUT2D eigenvalue weighted by atomic mass is 9.75. The van der Waals surface area contributed by atoms with Crippen LogP contribution in [-0.4, -0.2) is 58.9 Å². The topological polar surface area (TPSA) is 52.7 Å². The molecule has 3 saturated heterocycles. The van der Waals surface area contributed by atoms with E-state index in [1.54, 1.807) is 0 Å². The molecule has 0 aromatic carbocycles. The molecule has 154 valence electrons. The molecule has 2 bridgehead atoms. The van der Waals surface area contributed by atoms with Crippen molar-refractivity contribution in [2.45, 2.75) is 84.8 Å². The SMILES string of the molecule is CC(C)CCNC(=O)[C@@H]1N(CC(C)C)C(=O)[C@H]2C[C@@H]3CC[C@@]21N3CC(C)C. The molecule has 4 atom stereocenters. The zero-order valence-corrected chi connectivity index (χ0v) is 18.1. The number of fused-ring (bicyclic) bond motifs is 1. The number of likely N-dealkylation sites (tertiary alicyclic amines) is 1. The average molecular weight is 378 g/mol. The van der Waals surface area contributed by atoms with Gasteiger partial charge in [-0.05, 0) is 43.4 Å². The van der Waals surface area contributed by atoms with Gasteiger partial charge in [-0.3, -0.25) is 14.5 Å². The Bertz CT molecular complexity index is 574. The maximum Gasteiger partial charge on any atom is 0.244 e. The minimum Gasteiger partial charge on any atom is -0.354 e. The number of rotatable bonds is 8. The number of nitrogens with zero attached hydrogens (tertiary/aromatic N) is 2. The van der Waals surface area contributed by atoms with Gasteiger partial charge in [0.25, 0.3) is 0 Å². The zero-order chi connectivity index (χ0) is 19.9. The molecule has 3 heterocycles. The first-order valence-electron chi connectivity index (χ1n) is 11.0. The highest BCUT2D eigenvalue weighted by Gasteiger charge is 2.71. The molecular formula is C22H39N3O2. The van der Waals surface area contributed by atoms with Gasteiger partial charge in [0.2, 0.25) is 11.8 Å². The van der Waals surface area contributed by atoms with E-state index < -0.39 is 0 Å². The van der Waals surface area contributed by atoms with Gasteiger partial charge < -0.3 is 10.2 Å². The highest BCUT2D eigenvalue weighted by Crippen LogP contribution is 2.57. The molecular weight excluding hydrogens is 338 g/mol. The predicted molar refractivity (Wildman–Crippen MR) is 108 cm³/mol. The van der Waals surface area contributed by atoms with Gasteiger partial charge in [-0.25, -0.2) is 0 Å². The quantitative estimate of drug-likeness (QED) is 0.708. The van der Waals surface area contributed by atoms with Gasteiger partial charge in [0.05, 0.1) is 11.5 Å². The Labute approximate surface area is 165 Å². The van der Waals surface area contributed by atoms with Crippen molar-refractivity contribution in [2.24, 2.45) is 23.7 Å². The number of hydrogen-bond acceptors (Lipinski definition) is 3. The second-order valence-corrected chi connectivity index (χ2v) is 10.3. The van der Waals surface area contributed by atoms with E-state index in [0.717, 1.165) is 32.2 Å². The summed E-state index contributed by atoms with van der Waals surface area (Å²) in [5.41, 5.74) is -0.275. The van der Waals surface area contributed by atoms with Crippen LogP contribution in [0.1, 0.15) is 67.2 Å². The summed E-state index contributed by atoms with van der Waals surface area (Å²) in [6.45, 7) is 15.5. The Hall–Kier alpha value is -1.10. The van der Waals surface area contributed by atoms with Gasteiger partial charge in [0.1, 0.15) is 6.04 Å². The van der Waals surface area contributed by atoms with E-state index in [0.29, 0.717) is 36.9 Å². The monoisotopic (exact) mass is 377 g/mol. The first kappa shape index (κ1) is 20.6. The van der Waals surface area contributed by atoms with Crippen LogP contribution < -0.4 is 5.32 Å². The molecule has 27 heavy (non-hydrogen) atoms. The van der Waals surface area contributed by atoms with Gasteiger partial charge in [0, 0.05) is 25.7 Å². The van der Waals surface area contributed by atoms with Crippen LogP contribution in [0.3, 0.4) is 0 Å². The van der Waals surface area contributed by atoms with Crippen molar-refractivity contribution in [2.75, 3.05) is 19.6 Å². The number of amides is 2. The van der Waals surface area contributed by atoms with Crippen LogP contribution in [0, 0.1) is 23.7 Å². The summed E-state index contributed by atoms with van der Waals surface area (Å²) in [5.74, 6) is 1.78. The minimum atomic E-state index is -0.323. The molecule has 0 saturated carbocycles. The summed E-state index contributed by atoms with van der Waals surface area (Å²) in [7, 11) is 0. The third-order valence-corrected chi connectivity index (χ3v) is 6.72. The summed E-state index contributed by atoms with van der Waals surface area (Å²) in [6.07, 6.45) is 4.03. The minimum absolute atomic E-state index is 0.00889. The van der Waals surface area contributed by atoms with Crippen molar-refractivity contribution in [3.63, 3.8) is 0 Å². The number of carbonyl (C=O) groups excluding carboxylic acids is 2. The molecule has 3 rings (SSSR count). The number of hydrogen-bond donors (Lipinski definition) is 1. The number of nitrogens with one attached hydrogen (secondary N) is 1. The Morgan fingerprint density at radius 1 is 1.11 bits per heavy atom. The van der Waals surface area contributed by atoms with Crippen LogP contribution in [0.15, 0.2) is 0 Å². The van der Waals surface area contributed by atoms with Crippen molar-refractivity contribution in [3.05, 3.63) is 0 Å². The molecule has 0 radical (unpaired) electrons. The summed E-state index contributed by atoms with van der Waals surface area (Å²) < 4.78 is 0. The van der Waals surface area contributed by atoms with Crippen molar-refractivity contribution < 1.29 is 9.59 Å². The van der Waals surface area contributed by atoms with Crippen LogP contribution >= 0.6 is 0 Å². The molecule has 5 heteroatoms. The Morgan fingerprint density at radius 3 is 2.37 bits per heavy atom. The Kier molecular flexibility index (Phi) is 5.90.